The highest BCUT2D eigenvalue weighted by molar-refractivity contribution is 7.13. The molecule has 3 aromatic rings. The lowest BCUT2D eigenvalue weighted by Gasteiger charge is -2.31. The van der Waals surface area contributed by atoms with E-state index in [1.165, 1.54) is 16.9 Å². The van der Waals surface area contributed by atoms with E-state index >= 15 is 0 Å². The van der Waals surface area contributed by atoms with E-state index < -0.39 is 0 Å². The average Bonchev–Trinajstić information content (AvgIpc) is 3.28. The van der Waals surface area contributed by atoms with Crippen molar-refractivity contribution in [3.63, 3.8) is 0 Å². The van der Waals surface area contributed by atoms with E-state index in [4.69, 9.17) is 0 Å². The molecule has 166 valence electrons. The molecule has 7 nitrogen and oxygen atoms in total. The first-order chi connectivity index (χ1) is 15.4. The minimum atomic E-state index is -0.266. The second-order valence-corrected chi connectivity index (χ2v) is 9.29. The average molecular weight is 450 g/mol. The Morgan fingerprint density at radius 3 is 2.47 bits per heavy atom. The molecule has 0 aliphatic carbocycles. The van der Waals surface area contributed by atoms with Crippen LogP contribution >= 0.6 is 11.3 Å². The van der Waals surface area contributed by atoms with Crippen LogP contribution in [0.5, 0.6) is 0 Å². The number of rotatable bonds is 4. The fraction of sp³-hybridized carbons (Fsp3) is 0.333. The van der Waals surface area contributed by atoms with Crippen LogP contribution in [0.2, 0.25) is 0 Å². The Hall–Kier alpha value is -3.26. The third-order valence-corrected chi connectivity index (χ3v) is 6.84. The normalized spacial score (nSPS) is 16.0. The van der Waals surface area contributed by atoms with Gasteiger partial charge in [-0.1, -0.05) is 35.1 Å². The first-order valence-electron chi connectivity index (χ1n) is 10.7. The van der Waals surface area contributed by atoms with Crippen molar-refractivity contribution in [2.75, 3.05) is 23.7 Å². The number of urea groups is 1. The summed E-state index contributed by atoms with van der Waals surface area (Å²) >= 11 is 1.30. The number of nitrogens with one attached hydrogen (secondary N) is 2. The maximum Gasteiger partial charge on any atom is 0.321 e. The van der Waals surface area contributed by atoms with Gasteiger partial charge in [0.05, 0.1) is 0 Å². The van der Waals surface area contributed by atoms with Crippen molar-refractivity contribution in [2.45, 2.75) is 39.5 Å². The fourth-order valence-electron chi connectivity index (χ4n) is 3.70. The number of hydrogen-bond donors (Lipinski definition) is 2. The van der Waals surface area contributed by atoms with Gasteiger partial charge in [-0.2, -0.15) is 0 Å². The van der Waals surface area contributed by atoms with Crippen LogP contribution < -0.4 is 10.6 Å². The largest absolute Gasteiger partial charge is 0.324 e. The van der Waals surface area contributed by atoms with Crippen LogP contribution in [0.3, 0.4) is 0 Å². The Morgan fingerprint density at radius 1 is 0.969 bits per heavy atom. The minimum absolute atomic E-state index is 0.0766. The van der Waals surface area contributed by atoms with Gasteiger partial charge in [0.2, 0.25) is 5.01 Å². The summed E-state index contributed by atoms with van der Waals surface area (Å²) in [6.07, 6.45) is 1.80. The lowest BCUT2D eigenvalue weighted by Crippen LogP contribution is -2.41. The Morgan fingerprint density at radius 2 is 1.72 bits per heavy atom. The zero-order valence-electron chi connectivity index (χ0n) is 18.5. The molecule has 1 aliphatic rings. The van der Waals surface area contributed by atoms with Gasteiger partial charge in [-0.25, -0.2) is 4.79 Å². The van der Waals surface area contributed by atoms with Gasteiger partial charge in [0.25, 0.3) is 5.91 Å². The summed E-state index contributed by atoms with van der Waals surface area (Å²) in [6.45, 7) is 7.34. The molecule has 1 aromatic heterocycles. The lowest BCUT2D eigenvalue weighted by atomic mass is 9.99. The van der Waals surface area contributed by atoms with Crippen molar-refractivity contribution in [1.82, 2.24) is 15.1 Å². The fourth-order valence-corrected chi connectivity index (χ4v) is 4.56. The zero-order valence-corrected chi connectivity index (χ0v) is 19.3. The van der Waals surface area contributed by atoms with Crippen molar-refractivity contribution in [1.29, 1.82) is 0 Å². The first-order valence-corrected chi connectivity index (χ1v) is 11.6. The molecule has 1 saturated heterocycles. The van der Waals surface area contributed by atoms with E-state index in [-0.39, 0.29) is 17.9 Å². The highest BCUT2D eigenvalue weighted by Gasteiger charge is 2.28. The smallest absolute Gasteiger partial charge is 0.321 e. The Labute approximate surface area is 191 Å². The number of anilines is 2. The number of piperidine rings is 1. The van der Waals surface area contributed by atoms with Crippen molar-refractivity contribution in [3.05, 3.63) is 69.2 Å². The highest BCUT2D eigenvalue weighted by atomic mass is 32.1. The third-order valence-electron chi connectivity index (χ3n) is 5.76. The van der Waals surface area contributed by atoms with E-state index in [1.807, 2.05) is 68.1 Å². The standard InChI is InChI=1S/C24H27N5O2S/c1-15-6-9-19(10-7-15)25-21(30)23-28-27-22(32-23)18-5-4-12-29(14-18)24(31)26-20-11-8-16(2)17(3)13-20/h6-11,13,18H,4-5,12,14H2,1-3H3,(H,25,30)(H,26,31). The summed E-state index contributed by atoms with van der Waals surface area (Å²) < 4.78 is 0. The van der Waals surface area contributed by atoms with Crippen LogP contribution in [0.15, 0.2) is 42.5 Å². The van der Waals surface area contributed by atoms with Gasteiger partial charge in [0, 0.05) is 30.4 Å². The topological polar surface area (TPSA) is 87.2 Å². The minimum Gasteiger partial charge on any atom is -0.324 e. The SMILES string of the molecule is Cc1ccc(NC(=O)c2nnc(C3CCCN(C(=O)Nc4ccc(C)c(C)c4)C3)s2)cc1. The zero-order chi connectivity index (χ0) is 22.7. The molecule has 32 heavy (non-hydrogen) atoms. The van der Waals surface area contributed by atoms with Crippen LogP contribution in [-0.4, -0.2) is 40.1 Å². The van der Waals surface area contributed by atoms with Gasteiger partial charge in [-0.15, -0.1) is 10.2 Å². The van der Waals surface area contributed by atoms with E-state index in [0.29, 0.717) is 18.1 Å². The second kappa shape index (κ2) is 9.48. The molecule has 0 radical (unpaired) electrons. The van der Waals surface area contributed by atoms with Crippen molar-refractivity contribution < 1.29 is 9.59 Å². The maximum absolute atomic E-state index is 12.8. The monoisotopic (exact) mass is 449 g/mol. The Kier molecular flexibility index (Phi) is 6.50. The van der Waals surface area contributed by atoms with Gasteiger partial charge in [0.15, 0.2) is 0 Å². The number of aromatic nitrogens is 2. The number of amides is 3. The van der Waals surface area contributed by atoms with Crippen LogP contribution in [0.25, 0.3) is 0 Å². The number of nitrogens with zero attached hydrogens (tertiary/aromatic N) is 3. The van der Waals surface area contributed by atoms with Crippen LogP contribution in [0.4, 0.5) is 16.2 Å². The quantitative estimate of drug-likeness (QED) is 0.578. The number of benzene rings is 2. The van der Waals surface area contributed by atoms with Gasteiger partial charge >= 0.3 is 6.03 Å². The summed E-state index contributed by atoms with van der Waals surface area (Å²) in [6, 6.07) is 13.4. The van der Waals surface area contributed by atoms with E-state index in [9.17, 15) is 9.59 Å². The van der Waals surface area contributed by atoms with Gasteiger partial charge in [0.1, 0.15) is 5.01 Å². The summed E-state index contributed by atoms with van der Waals surface area (Å²) in [5.41, 5.74) is 4.99. The molecule has 0 spiro atoms. The lowest BCUT2D eigenvalue weighted by molar-refractivity contribution is 0.102. The number of carbonyl (C=O) groups is 2. The third kappa shape index (κ3) is 5.13. The van der Waals surface area contributed by atoms with Crippen LogP contribution in [-0.2, 0) is 0 Å². The van der Waals surface area contributed by atoms with Gasteiger partial charge in [-0.05, 0) is 69.0 Å². The predicted octanol–water partition coefficient (Wildman–Crippen LogP) is 5.13. The van der Waals surface area contributed by atoms with Crippen molar-refractivity contribution in [3.8, 4) is 0 Å². The van der Waals surface area contributed by atoms with Crippen molar-refractivity contribution >= 4 is 34.6 Å². The molecule has 0 saturated carbocycles. The molecular formula is C24H27N5O2S. The summed E-state index contributed by atoms with van der Waals surface area (Å²) in [5, 5.41) is 15.3. The molecular weight excluding hydrogens is 422 g/mol. The molecule has 2 aromatic carbocycles. The van der Waals surface area contributed by atoms with E-state index in [2.05, 4.69) is 20.8 Å². The number of hydrogen-bond acceptors (Lipinski definition) is 5. The van der Waals surface area contributed by atoms with Gasteiger partial charge in [-0.3, -0.25) is 4.79 Å². The van der Waals surface area contributed by atoms with Gasteiger partial charge < -0.3 is 15.5 Å². The molecule has 1 atom stereocenters. The number of carbonyl (C=O) groups excluding carboxylic acids is 2. The molecule has 1 aliphatic heterocycles. The maximum atomic E-state index is 12.8. The summed E-state index contributed by atoms with van der Waals surface area (Å²) in [7, 11) is 0. The van der Waals surface area contributed by atoms with E-state index in [0.717, 1.165) is 40.4 Å². The molecule has 1 fully saturated rings. The molecule has 2 N–H and O–H groups in total. The van der Waals surface area contributed by atoms with E-state index in [1.54, 1.807) is 0 Å². The molecule has 0 bridgehead atoms. The highest BCUT2D eigenvalue weighted by Crippen LogP contribution is 2.30. The van der Waals surface area contributed by atoms with Crippen LogP contribution in [0.1, 0.15) is 50.3 Å². The molecule has 4 rings (SSSR count). The summed E-state index contributed by atoms with van der Waals surface area (Å²) in [5.74, 6) is -0.189. The Bertz CT molecular complexity index is 1130. The predicted molar refractivity (Wildman–Crippen MR) is 128 cm³/mol. The summed E-state index contributed by atoms with van der Waals surface area (Å²) in [4.78, 5) is 27.2. The molecule has 2 heterocycles. The molecule has 1 unspecified atom stereocenters. The Balaban J connectivity index is 1.38. The van der Waals surface area contributed by atoms with Crippen LogP contribution in [0, 0.1) is 20.8 Å². The number of likely N-dealkylation sites (tertiary alicyclic amines) is 1. The number of aryl methyl sites for hydroxylation is 3. The molecule has 3 amide bonds. The first kappa shape index (κ1) is 22.0. The second-order valence-electron chi connectivity index (χ2n) is 8.28. The van der Waals surface area contributed by atoms with Crippen molar-refractivity contribution in [2.24, 2.45) is 0 Å². The molecule has 8 heteroatoms.